The van der Waals surface area contributed by atoms with Crippen molar-refractivity contribution in [2.75, 3.05) is 42.6 Å². The lowest BCUT2D eigenvalue weighted by Crippen LogP contribution is -2.27. The fraction of sp³-hybridized carbons (Fsp3) is 0.310. The maximum Gasteiger partial charge on any atom is 0.269 e. The average Bonchev–Trinajstić information content (AvgIpc) is 2.91. The standard InChI is InChI=1S/C29H35N3O4/c1-4-30(5-2)26-15-9-23(10-16-26)7-8-24-11-17-27(18-12-24)31(6-3)21-22-36-29(33)25-13-19-28(20-14-25)32(34)35/h7-20,29,33H,4-6,21-22H2,1-3H3/b8-7+. The molecule has 7 nitrogen and oxygen atoms in total. The summed E-state index contributed by atoms with van der Waals surface area (Å²) in [5.74, 6) is 0. The molecule has 7 heteroatoms. The number of ether oxygens (including phenoxy) is 1. The van der Waals surface area contributed by atoms with Crippen LogP contribution in [0.25, 0.3) is 12.2 Å². The molecule has 0 aliphatic heterocycles. The molecule has 0 aromatic heterocycles. The Bertz CT molecular complexity index is 1110. The Morgan fingerprint density at radius 1 is 0.806 bits per heavy atom. The molecule has 0 bridgehead atoms. The molecule has 0 aliphatic carbocycles. The molecule has 1 N–H and O–H groups in total. The summed E-state index contributed by atoms with van der Waals surface area (Å²) in [6.07, 6.45) is 3.10. The van der Waals surface area contributed by atoms with Crippen molar-refractivity contribution in [2.24, 2.45) is 0 Å². The molecule has 36 heavy (non-hydrogen) atoms. The highest BCUT2D eigenvalue weighted by Gasteiger charge is 2.12. The number of nitrogens with zero attached hydrogens (tertiary/aromatic N) is 3. The molecule has 0 spiro atoms. The van der Waals surface area contributed by atoms with E-state index in [1.54, 1.807) is 0 Å². The van der Waals surface area contributed by atoms with Gasteiger partial charge in [-0.1, -0.05) is 36.4 Å². The van der Waals surface area contributed by atoms with Crippen LogP contribution in [0.15, 0.2) is 72.8 Å². The summed E-state index contributed by atoms with van der Waals surface area (Å²) in [5.41, 5.74) is 5.07. The van der Waals surface area contributed by atoms with Gasteiger partial charge in [-0.05, 0) is 68.3 Å². The van der Waals surface area contributed by atoms with Crippen molar-refractivity contribution in [3.05, 3.63) is 99.6 Å². The van der Waals surface area contributed by atoms with Crippen molar-refractivity contribution >= 4 is 29.2 Å². The Kier molecular flexibility index (Phi) is 10.0. The predicted octanol–water partition coefficient (Wildman–Crippen LogP) is 6.15. The number of non-ortho nitro benzene ring substituents is 1. The lowest BCUT2D eigenvalue weighted by Gasteiger charge is -2.24. The van der Waals surface area contributed by atoms with Crippen molar-refractivity contribution in [1.82, 2.24) is 0 Å². The van der Waals surface area contributed by atoms with Gasteiger partial charge in [-0.15, -0.1) is 0 Å². The van der Waals surface area contributed by atoms with E-state index in [9.17, 15) is 15.2 Å². The molecule has 3 aromatic carbocycles. The minimum Gasteiger partial charge on any atom is -0.372 e. The number of nitro benzene ring substituents is 1. The largest absolute Gasteiger partial charge is 0.372 e. The molecule has 3 rings (SSSR count). The summed E-state index contributed by atoms with van der Waals surface area (Å²) in [6, 6.07) is 22.7. The third-order valence-corrected chi connectivity index (χ3v) is 6.16. The molecule has 0 heterocycles. The number of rotatable bonds is 13. The maximum absolute atomic E-state index is 10.8. The van der Waals surface area contributed by atoms with Gasteiger partial charge >= 0.3 is 0 Å². The van der Waals surface area contributed by atoms with Crippen LogP contribution >= 0.6 is 0 Å². The molecule has 0 saturated carbocycles. The molecule has 0 radical (unpaired) electrons. The Morgan fingerprint density at radius 2 is 1.28 bits per heavy atom. The van der Waals surface area contributed by atoms with Crippen molar-refractivity contribution in [3.8, 4) is 0 Å². The topological polar surface area (TPSA) is 79.1 Å². The molecule has 190 valence electrons. The summed E-state index contributed by atoms with van der Waals surface area (Å²) >= 11 is 0. The van der Waals surface area contributed by atoms with Crippen LogP contribution in [0.3, 0.4) is 0 Å². The zero-order valence-electron chi connectivity index (χ0n) is 21.2. The quantitative estimate of drug-likeness (QED) is 0.134. The molecule has 0 aliphatic rings. The van der Waals surface area contributed by atoms with Crippen LogP contribution in [0.4, 0.5) is 17.1 Å². The summed E-state index contributed by atoms with van der Waals surface area (Å²) in [4.78, 5) is 14.8. The lowest BCUT2D eigenvalue weighted by atomic mass is 10.1. The second kappa shape index (κ2) is 13.4. The zero-order chi connectivity index (χ0) is 25.9. The molecule has 1 unspecified atom stereocenters. The first-order valence-electron chi connectivity index (χ1n) is 12.4. The summed E-state index contributed by atoms with van der Waals surface area (Å²) < 4.78 is 5.56. The van der Waals surface area contributed by atoms with Crippen LogP contribution in [0.5, 0.6) is 0 Å². The molecular weight excluding hydrogens is 454 g/mol. The van der Waals surface area contributed by atoms with Gasteiger partial charge in [0.05, 0.1) is 11.5 Å². The van der Waals surface area contributed by atoms with Gasteiger partial charge in [0.25, 0.3) is 5.69 Å². The average molecular weight is 490 g/mol. The van der Waals surface area contributed by atoms with Crippen LogP contribution in [0.1, 0.15) is 43.8 Å². The van der Waals surface area contributed by atoms with Gasteiger partial charge in [-0.25, -0.2) is 0 Å². The van der Waals surface area contributed by atoms with E-state index in [2.05, 4.69) is 91.3 Å². The highest BCUT2D eigenvalue weighted by Crippen LogP contribution is 2.21. The SMILES string of the molecule is CCN(CC)c1ccc(/C=C/c2ccc(N(CC)CCOC(O)c3ccc([N+](=O)[O-])cc3)cc2)cc1. The van der Waals surface area contributed by atoms with Gasteiger partial charge in [0.2, 0.25) is 0 Å². The molecule has 0 saturated heterocycles. The minimum absolute atomic E-state index is 0.0189. The molecule has 0 fully saturated rings. The monoisotopic (exact) mass is 489 g/mol. The number of benzene rings is 3. The van der Waals surface area contributed by atoms with Crippen molar-refractivity contribution in [2.45, 2.75) is 27.1 Å². The maximum atomic E-state index is 10.8. The number of nitro groups is 1. The molecule has 3 aromatic rings. The summed E-state index contributed by atoms with van der Waals surface area (Å²) in [5, 5.41) is 21.0. The molecular formula is C29H35N3O4. The van der Waals surface area contributed by atoms with Gasteiger partial charge in [0.1, 0.15) is 0 Å². The first-order chi connectivity index (χ1) is 17.4. The van der Waals surface area contributed by atoms with E-state index in [0.717, 1.165) is 36.4 Å². The highest BCUT2D eigenvalue weighted by molar-refractivity contribution is 5.71. The highest BCUT2D eigenvalue weighted by atomic mass is 16.6. The van der Waals surface area contributed by atoms with Crippen molar-refractivity contribution < 1.29 is 14.8 Å². The van der Waals surface area contributed by atoms with E-state index < -0.39 is 11.2 Å². The van der Waals surface area contributed by atoms with E-state index >= 15 is 0 Å². The number of likely N-dealkylation sites (N-methyl/N-ethyl adjacent to an activating group) is 1. The number of aliphatic hydroxyl groups is 1. The Balaban J connectivity index is 1.52. The Labute approximate surface area is 213 Å². The van der Waals surface area contributed by atoms with Crippen molar-refractivity contribution in [1.29, 1.82) is 0 Å². The van der Waals surface area contributed by atoms with Crippen LogP contribution in [-0.4, -0.2) is 42.8 Å². The third-order valence-electron chi connectivity index (χ3n) is 6.16. The van der Waals surface area contributed by atoms with Gasteiger partial charge in [0, 0.05) is 55.2 Å². The van der Waals surface area contributed by atoms with E-state index in [1.165, 1.54) is 30.0 Å². The van der Waals surface area contributed by atoms with Crippen LogP contribution in [-0.2, 0) is 4.74 Å². The van der Waals surface area contributed by atoms with Crippen molar-refractivity contribution in [3.63, 3.8) is 0 Å². The fourth-order valence-electron chi connectivity index (χ4n) is 3.97. The van der Waals surface area contributed by atoms with Crippen LogP contribution < -0.4 is 9.80 Å². The second-order valence-corrected chi connectivity index (χ2v) is 8.34. The fourth-order valence-corrected chi connectivity index (χ4v) is 3.97. The molecule has 1 atom stereocenters. The number of anilines is 2. The normalized spacial score (nSPS) is 12.0. The Hall–Kier alpha value is -3.68. The van der Waals surface area contributed by atoms with E-state index in [-0.39, 0.29) is 5.69 Å². The zero-order valence-corrected chi connectivity index (χ0v) is 21.2. The minimum atomic E-state index is -1.13. The number of hydrogen-bond donors (Lipinski definition) is 1. The van der Waals surface area contributed by atoms with E-state index in [0.29, 0.717) is 18.7 Å². The van der Waals surface area contributed by atoms with Crippen LogP contribution in [0, 0.1) is 10.1 Å². The Morgan fingerprint density at radius 3 is 1.72 bits per heavy atom. The van der Waals surface area contributed by atoms with Crippen LogP contribution in [0.2, 0.25) is 0 Å². The third kappa shape index (κ3) is 7.41. The van der Waals surface area contributed by atoms with Gasteiger partial charge < -0.3 is 19.6 Å². The number of hydrogen-bond acceptors (Lipinski definition) is 6. The molecule has 0 amide bonds. The van der Waals surface area contributed by atoms with E-state index in [1.807, 2.05) is 0 Å². The predicted molar refractivity (Wildman–Crippen MR) is 147 cm³/mol. The second-order valence-electron chi connectivity index (χ2n) is 8.34. The van der Waals surface area contributed by atoms with Gasteiger partial charge in [-0.2, -0.15) is 0 Å². The van der Waals surface area contributed by atoms with E-state index in [4.69, 9.17) is 4.74 Å². The van der Waals surface area contributed by atoms with Gasteiger partial charge in [-0.3, -0.25) is 10.1 Å². The smallest absolute Gasteiger partial charge is 0.269 e. The van der Waals surface area contributed by atoms with Gasteiger partial charge in [0.15, 0.2) is 6.29 Å². The summed E-state index contributed by atoms with van der Waals surface area (Å²) in [6.45, 7) is 10.1. The lowest BCUT2D eigenvalue weighted by molar-refractivity contribution is -0.384. The first kappa shape index (κ1) is 26.9. The first-order valence-corrected chi connectivity index (χ1v) is 12.4. The summed E-state index contributed by atoms with van der Waals surface area (Å²) in [7, 11) is 0. The number of aliphatic hydroxyl groups excluding tert-OH is 1.